The van der Waals surface area contributed by atoms with Gasteiger partial charge in [0.05, 0.1) is 18.1 Å². The van der Waals surface area contributed by atoms with Gasteiger partial charge in [0.1, 0.15) is 5.76 Å². The number of rotatable bonds is 3. The van der Waals surface area contributed by atoms with Crippen molar-refractivity contribution in [2.24, 2.45) is 5.92 Å². The second-order valence-corrected chi connectivity index (χ2v) is 6.88. The van der Waals surface area contributed by atoms with Gasteiger partial charge in [0.2, 0.25) is 10.0 Å². The molecule has 0 aromatic carbocycles. The Balaban J connectivity index is 2.30. The SMILES string of the molecule is CCS(=O)(=O)N1CCC(C)CC1c1ccco1. The molecule has 96 valence electrons. The van der Waals surface area contributed by atoms with Gasteiger partial charge in [-0.15, -0.1) is 0 Å². The lowest BCUT2D eigenvalue weighted by Gasteiger charge is -2.36. The molecule has 2 rings (SSSR count). The Hall–Kier alpha value is -0.810. The zero-order valence-electron chi connectivity index (χ0n) is 10.3. The number of piperidine rings is 1. The van der Waals surface area contributed by atoms with Crippen molar-refractivity contribution in [1.82, 2.24) is 4.31 Å². The second-order valence-electron chi connectivity index (χ2n) is 4.67. The fraction of sp³-hybridized carbons (Fsp3) is 0.667. The Kier molecular flexibility index (Phi) is 3.58. The smallest absolute Gasteiger partial charge is 0.214 e. The van der Waals surface area contributed by atoms with E-state index in [0.717, 1.165) is 18.6 Å². The third-order valence-electron chi connectivity index (χ3n) is 3.41. The van der Waals surface area contributed by atoms with Crippen LogP contribution in [0.2, 0.25) is 0 Å². The first-order valence-electron chi connectivity index (χ1n) is 6.07. The van der Waals surface area contributed by atoms with E-state index < -0.39 is 10.0 Å². The lowest BCUT2D eigenvalue weighted by Crippen LogP contribution is -2.41. The van der Waals surface area contributed by atoms with Gasteiger partial charge in [-0.3, -0.25) is 0 Å². The van der Waals surface area contributed by atoms with Crippen molar-refractivity contribution >= 4 is 10.0 Å². The van der Waals surface area contributed by atoms with Crippen LogP contribution in [0.4, 0.5) is 0 Å². The summed E-state index contributed by atoms with van der Waals surface area (Å²) in [6, 6.07) is 3.55. The van der Waals surface area contributed by atoms with Crippen LogP contribution in [0.15, 0.2) is 22.8 Å². The van der Waals surface area contributed by atoms with Crippen LogP contribution in [0.5, 0.6) is 0 Å². The molecular formula is C12H19NO3S. The van der Waals surface area contributed by atoms with E-state index in [1.165, 1.54) is 0 Å². The number of furan rings is 1. The number of hydrogen-bond acceptors (Lipinski definition) is 3. The third kappa shape index (κ3) is 2.55. The zero-order valence-corrected chi connectivity index (χ0v) is 11.1. The van der Waals surface area contributed by atoms with Crippen LogP contribution in [0.25, 0.3) is 0 Å². The molecule has 0 saturated carbocycles. The van der Waals surface area contributed by atoms with Crippen LogP contribution in [0.3, 0.4) is 0 Å². The van der Waals surface area contributed by atoms with Crippen molar-refractivity contribution in [3.63, 3.8) is 0 Å². The van der Waals surface area contributed by atoms with Crippen LogP contribution >= 0.6 is 0 Å². The van der Waals surface area contributed by atoms with E-state index in [1.807, 2.05) is 12.1 Å². The average Bonchev–Trinajstić information content (AvgIpc) is 2.82. The lowest BCUT2D eigenvalue weighted by molar-refractivity contribution is 0.185. The van der Waals surface area contributed by atoms with Crippen LogP contribution in [0, 0.1) is 5.92 Å². The zero-order chi connectivity index (χ0) is 12.5. The lowest BCUT2D eigenvalue weighted by atomic mass is 9.93. The summed E-state index contributed by atoms with van der Waals surface area (Å²) in [5.41, 5.74) is 0. The summed E-state index contributed by atoms with van der Waals surface area (Å²) < 4.78 is 31.1. The van der Waals surface area contributed by atoms with Gasteiger partial charge in [-0.05, 0) is 37.8 Å². The van der Waals surface area contributed by atoms with Gasteiger partial charge in [-0.1, -0.05) is 6.92 Å². The second kappa shape index (κ2) is 4.82. The third-order valence-corrected chi connectivity index (χ3v) is 5.29. The van der Waals surface area contributed by atoms with Gasteiger partial charge in [-0.2, -0.15) is 4.31 Å². The standard InChI is InChI=1S/C12H19NO3S/c1-3-17(14,15)13-7-6-10(2)9-11(13)12-5-4-8-16-12/h4-5,8,10-11H,3,6-7,9H2,1-2H3. The molecule has 1 aromatic heterocycles. The summed E-state index contributed by atoms with van der Waals surface area (Å²) in [5.74, 6) is 1.44. The summed E-state index contributed by atoms with van der Waals surface area (Å²) in [7, 11) is -3.15. The first-order valence-corrected chi connectivity index (χ1v) is 7.68. The minimum Gasteiger partial charge on any atom is -0.468 e. The largest absolute Gasteiger partial charge is 0.468 e. The van der Waals surface area contributed by atoms with Crippen molar-refractivity contribution in [2.75, 3.05) is 12.3 Å². The number of sulfonamides is 1. The van der Waals surface area contributed by atoms with Crippen molar-refractivity contribution in [3.8, 4) is 0 Å². The Morgan fingerprint density at radius 3 is 2.88 bits per heavy atom. The minimum atomic E-state index is -3.15. The molecule has 1 aromatic rings. The van der Waals surface area contributed by atoms with E-state index in [1.54, 1.807) is 17.5 Å². The topological polar surface area (TPSA) is 50.5 Å². The summed E-state index contributed by atoms with van der Waals surface area (Å²) in [4.78, 5) is 0. The van der Waals surface area contributed by atoms with Gasteiger partial charge in [-0.25, -0.2) is 8.42 Å². The van der Waals surface area contributed by atoms with Crippen LogP contribution in [0.1, 0.15) is 38.5 Å². The first kappa shape index (κ1) is 12.6. The fourth-order valence-corrected chi connectivity index (χ4v) is 3.65. The minimum absolute atomic E-state index is 0.126. The molecular weight excluding hydrogens is 238 g/mol. The van der Waals surface area contributed by atoms with Crippen LogP contribution < -0.4 is 0 Å². The molecule has 0 aliphatic carbocycles. The van der Waals surface area contributed by atoms with Crippen LogP contribution in [-0.2, 0) is 10.0 Å². The summed E-state index contributed by atoms with van der Waals surface area (Å²) in [6.07, 6.45) is 3.37. The van der Waals surface area contributed by atoms with Crippen molar-refractivity contribution in [3.05, 3.63) is 24.2 Å². The van der Waals surface area contributed by atoms with E-state index in [4.69, 9.17) is 4.42 Å². The van der Waals surface area contributed by atoms with Crippen molar-refractivity contribution < 1.29 is 12.8 Å². The summed E-state index contributed by atoms with van der Waals surface area (Å²) in [6.45, 7) is 4.45. The highest BCUT2D eigenvalue weighted by atomic mass is 32.2. The molecule has 1 saturated heterocycles. The van der Waals surface area contributed by atoms with Crippen molar-refractivity contribution in [2.45, 2.75) is 32.7 Å². The molecule has 0 N–H and O–H groups in total. The molecule has 2 heterocycles. The molecule has 17 heavy (non-hydrogen) atoms. The Morgan fingerprint density at radius 1 is 1.53 bits per heavy atom. The molecule has 2 atom stereocenters. The maximum absolute atomic E-state index is 12.1. The molecule has 4 nitrogen and oxygen atoms in total. The predicted octanol–water partition coefficient (Wildman–Crippen LogP) is 2.40. The van der Waals surface area contributed by atoms with Gasteiger partial charge < -0.3 is 4.42 Å². The van der Waals surface area contributed by atoms with E-state index >= 15 is 0 Å². The molecule has 0 radical (unpaired) electrons. The van der Waals surface area contributed by atoms with Gasteiger partial charge in [0.15, 0.2) is 0 Å². The Labute approximate surface area is 103 Å². The van der Waals surface area contributed by atoms with Crippen molar-refractivity contribution in [1.29, 1.82) is 0 Å². The number of hydrogen-bond donors (Lipinski definition) is 0. The maximum Gasteiger partial charge on any atom is 0.214 e. The molecule has 0 bridgehead atoms. The highest BCUT2D eigenvalue weighted by Gasteiger charge is 2.35. The van der Waals surface area contributed by atoms with E-state index in [2.05, 4.69) is 6.92 Å². The van der Waals surface area contributed by atoms with E-state index in [0.29, 0.717) is 12.5 Å². The normalized spacial score (nSPS) is 27.2. The summed E-state index contributed by atoms with van der Waals surface area (Å²) in [5, 5.41) is 0. The molecule has 2 unspecified atom stereocenters. The monoisotopic (exact) mass is 257 g/mol. The maximum atomic E-state index is 12.1. The molecule has 0 spiro atoms. The van der Waals surface area contributed by atoms with Gasteiger partial charge in [0.25, 0.3) is 0 Å². The quantitative estimate of drug-likeness (QED) is 0.835. The van der Waals surface area contributed by atoms with Gasteiger partial charge >= 0.3 is 0 Å². The molecule has 1 fully saturated rings. The van der Waals surface area contributed by atoms with E-state index in [-0.39, 0.29) is 11.8 Å². The van der Waals surface area contributed by atoms with Crippen LogP contribution in [-0.4, -0.2) is 25.0 Å². The molecule has 0 amide bonds. The highest BCUT2D eigenvalue weighted by Crippen LogP contribution is 2.36. The predicted molar refractivity (Wildman–Crippen MR) is 66.0 cm³/mol. The molecule has 1 aliphatic heterocycles. The Morgan fingerprint density at radius 2 is 2.29 bits per heavy atom. The first-order chi connectivity index (χ1) is 8.04. The number of nitrogens with zero attached hydrogens (tertiary/aromatic N) is 1. The molecule has 5 heteroatoms. The fourth-order valence-electron chi connectivity index (χ4n) is 2.36. The highest BCUT2D eigenvalue weighted by molar-refractivity contribution is 7.89. The Bertz CT molecular complexity index is 452. The average molecular weight is 257 g/mol. The van der Waals surface area contributed by atoms with Gasteiger partial charge in [0, 0.05) is 6.54 Å². The van der Waals surface area contributed by atoms with E-state index in [9.17, 15) is 8.42 Å². The summed E-state index contributed by atoms with van der Waals surface area (Å²) >= 11 is 0. The molecule has 1 aliphatic rings.